The zero-order valence-electron chi connectivity index (χ0n) is 35.8. The number of carbonyl (C=O) groups excluding carboxylic acids is 10. The summed E-state index contributed by atoms with van der Waals surface area (Å²) < 4.78 is 0. The number of aliphatic hydroxyl groups excluding tert-OH is 1. The summed E-state index contributed by atoms with van der Waals surface area (Å²) in [5.41, 5.74) is 10.9. The Morgan fingerprint density at radius 1 is 0.738 bits per heavy atom. The van der Waals surface area contributed by atoms with E-state index in [0.29, 0.717) is 45.2 Å². The minimum atomic E-state index is -1.47. The van der Waals surface area contributed by atoms with Gasteiger partial charge in [0, 0.05) is 102 Å². The van der Waals surface area contributed by atoms with Crippen molar-refractivity contribution in [3.63, 3.8) is 0 Å². The molecule has 19 nitrogen and oxygen atoms in total. The average Bonchev–Trinajstić information content (AvgIpc) is 4.00. The van der Waals surface area contributed by atoms with Gasteiger partial charge >= 0.3 is 0 Å². The number of ketones is 6. The number of aliphatic imine (C=N–C) groups is 1. The van der Waals surface area contributed by atoms with Crippen LogP contribution >= 0.6 is 0 Å². The Labute approximate surface area is 356 Å². The molecule has 0 aromatic rings. The highest BCUT2D eigenvalue weighted by Gasteiger charge is 2.42. The normalized spacial score (nSPS) is 21.4. The number of nitrogens with zero attached hydrogens (tertiary/aromatic N) is 4. The molecule has 0 bridgehead atoms. The van der Waals surface area contributed by atoms with E-state index in [2.05, 4.69) is 10.3 Å². The molecule has 7 atom stereocenters. The van der Waals surface area contributed by atoms with Gasteiger partial charge in [0.2, 0.25) is 17.7 Å². The van der Waals surface area contributed by atoms with Gasteiger partial charge in [-0.25, -0.2) is 0 Å². The monoisotopic (exact) mass is 858 g/mol. The summed E-state index contributed by atoms with van der Waals surface area (Å²) >= 11 is 0. The Hall–Kier alpha value is -4.91. The molecule has 3 aliphatic rings. The Bertz CT molecular complexity index is 1680. The number of aliphatic carboxylic acids is 1. The van der Waals surface area contributed by atoms with Crippen molar-refractivity contribution in [3.05, 3.63) is 0 Å². The number of carboxylic acid groups (broad SMARTS) is 1. The molecule has 0 radical (unpaired) electrons. The molecule has 3 aliphatic heterocycles. The van der Waals surface area contributed by atoms with Gasteiger partial charge in [-0.05, 0) is 72.3 Å². The minimum absolute atomic E-state index is 0.0159. The number of carbonyl (C=O) groups is 10. The zero-order chi connectivity index (χ0) is 45.4. The van der Waals surface area contributed by atoms with Gasteiger partial charge in [-0.3, -0.25) is 48.1 Å². The molecule has 3 heterocycles. The van der Waals surface area contributed by atoms with Crippen molar-refractivity contribution in [2.24, 2.45) is 28.3 Å². The van der Waals surface area contributed by atoms with Crippen molar-refractivity contribution >= 4 is 64.3 Å². The fraction of sp³-hybridized carbons (Fsp3) is 0.738. The van der Waals surface area contributed by atoms with Crippen LogP contribution in [0, 0.1) is 11.8 Å². The number of amides is 3. The third-order valence-corrected chi connectivity index (χ3v) is 12.1. The first-order valence-corrected chi connectivity index (χ1v) is 21.5. The van der Waals surface area contributed by atoms with Crippen LogP contribution in [0.5, 0.6) is 0 Å². The second kappa shape index (κ2) is 24.5. The van der Waals surface area contributed by atoms with E-state index >= 15 is 0 Å². The van der Waals surface area contributed by atoms with E-state index in [9.17, 15) is 58.2 Å². The molecule has 3 rings (SSSR count). The predicted octanol–water partition coefficient (Wildman–Crippen LogP) is -1.09. The molecule has 19 heteroatoms. The van der Waals surface area contributed by atoms with Crippen LogP contribution < -0.4 is 21.9 Å². The van der Waals surface area contributed by atoms with E-state index in [1.807, 2.05) is 0 Å². The fourth-order valence-electron chi connectivity index (χ4n) is 8.53. The second-order valence-corrected chi connectivity index (χ2v) is 16.6. The summed E-state index contributed by atoms with van der Waals surface area (Å²) in [5, 5.41) is 24.8. The van der Waals surface area contributed by atoms with Gasteiger partial charge in [-0.1, -0.05) is 0 Å². The highest BCUT2D eigenvalue weighted by molar-refractivity contribution is 5.97. The molecule has 0 saturated carbocycles. The molecule has 3 saturated heterocycles. The van der Waals surface area contributed by atoms with Crippen LogP contribution in [0.1, 0.15) is 123 Å². The molecule has 6 N–H and O–H groups in total. The molecule has 0 aliphatic carbocycles. The van der Waals surface area contributed by atoms with Crippen molar-refractivity contribution in [2.45, 2.75) is 153 Å². The van der Waals surface area contributed by atoms with Crippen molar-refractivity contribution < 1.29 is 58.2 Å². The lowest BCUT2D eigenvalue weighted by atomic mass is 9.87. The van der Waals surface area contributed by atoms with Gasteiger partial charge in [-0.15, -0.1) is 0 Å². The lowest BCUT2D eigenvalue weighted by Crippen LogP contribution is -2.45. The summed E-state index contributed by atoms with van der Waals surface area (Å²) in [6, 6.07) is -2.85. The van der Waals surface area contributed by atoms with Crippen molar-refractivity contribution in [2.75, 3.05) is 33.2 Å². The van der Waals surface area contributed by atoms with Gasteiger partial charge in [0.05, 0.1) is 30.3 Å². The smallest absolute Gasteiger partial charge is 0.226 e. The number of carboxylic acids is 1. The van der Waals surface area contributed by atoms with E-state index in [-0.39, 0.29) is 112 Å². The van der Waals surface area contributed by atoms with Crippen LogP contribution in [0.4, 0.5) is 0 Å². The maximum absolute atomic E-state index is 13.9. The summed E-state index contributed by atoms with van der Waals surface area (Å²) in [4.78, 5) is 138. The zero-order valence-corrected chi connectivity index (χ0v) is 35.8. The van der Waals surface area contributed by atoms with E-state index in [1.54, 1.807) is 14.0 Å². The Morgan fingerprint density at radius 3 is 1.95 bits per heavy atom. The summed E-state index contributed by atoms with van der Waals surface area (Å²) in [7, 11) is 1.64. The molecular formula is C42H64N7O12-. The number of guanidine groups is 1. The maximum atomic E-state index is 13.9. The highest BCUT2D eigenvalue weighted by atomic mass is 16.4. The lowest BCUT2D eigenvalue weighted by Gasteiger charge is -2.28. The quantitative estimate of drug-likeness (QED) is 0.0434. The first-order chi connectivity index (χ1) is 28.8. The van der Waals surface area contributed by atoms with Crippen molar-refractivity contribution in [3.8, 4) is 0 Å². The lowest BCUT2D eigenvalue weighted by molar-refractivity contribution is -0.306. The van der Waals surface area contributed by atoms with Crippen LogP contribution in [0.15, 0.2) is 4.99 Å². The Balaban J connectivity index is 1.66. The van der Waals surface area contributed by atoms with Crippen LogP contribution in [0.2, 0.25) is 0 Å². The first kappa shape index (κ1) is 50.4. The topological polar surface area (TPSA) is 300 Å². The van der Waals surface area contributed by atoms with Gasteiger partial charge in [0.1, 0.15) is 17.3 Å². The molecule has 3 amide bonds. The predicted molar refractivity (Wildman–Crippen MR) is 218 cm³/mol. The number of nitrogens with two attached hydrogens (primary N) is 2. The molecule has 0 aromatic carbocycles. The number of hydrogen-bond donors (Lipinski definition) is 4. The fourth-order valence-corrected chi connectivity index (χ4v) is 8.53. The molecule has 0 spiro atoms. The van der Waals surface area contributed by atoms with Gasteiger partial charge in [0.25, 0.3) is 0 Å². The molecule has 61 heavy (non-hydrogen) atoms. The number of likely N-dealkylation sites (N-methyl/N-ethyl adjacent to an activating group) is 1. The van der Waals surface area contributed by atoms with Crippen LogP contribution in [0.3, 0.4) is 0 Å². The number of nitrogens with one attached hydrogen (secondary N) is 1. The molecular weight excluding hydrogens is 794 g/mol. The molecule has 7 unspecified atom stereocenters. The number of Topliss-reactive ketones (excluding diaryl/α,β-unsaturated/α-hetero) is 6. The molecule has 340 valence electrons. The van der Waals surface area contributed by atoms with E-state index in [0.717, 1.165) is 4.90 Å². The third kappa shape index (κ3) is 15.5. The third-order valence-electron chi connectivity index (χ3n) is 12.1. The first-order valence-electron chi connectivity index (χ1n) is 21.5. The summed E-state index contributed by atoms with van der Waals surface area (Å²) in [6.07, 6.45) is -1.15. The van der Waals surface area contributed by atoms with E-state index in [4.69, 9.17) is 11.5 Å². The summed E-state index contributed by atoms with van der Waals surface area (Å²) in [6.45, 7) is 3.76. The highest BCUT2D eigenvalue weighted by Crippen LogP contribution is 2.29. The number of hydrogen-bond acceptors (Lipinski definition) is 14. The maximum Gasteiger partial charge on any atom is 0.226 e. The SMILES string of the molecule is CNC(C)C(=O)CCC(=O)N1CCCC1C(=O)CC(CCCN=C(N)N)C(=O)CCC(=O)CC(CCC(=O)[O-])C(=O)N1CC(O)CC1C(=O)CCC(=O)N1CCCC1C(C)=O. The van der Waals surface area contributed by atoms with Crippen molar-refractivity contribution in [1.29, 1.82) is 0 Å². The second-order valence-electron chi connectivity index (χ2n) is 16.6. The van der Waals surface area contributed by atoms with Crippen LogP contribution in [-0.4, -0.2) is 148 Å². The van der Waals surface area contributed by atoms with E-state index in [1.165, 1.54) is 16.7 Å². The van der Waals surface area contributed by atoms with Crippen LogP contribution in [0.25, 0.3) is 0 Å². The number of β-amino-alcohol motifs (C(OH)–C–C–N with tert-alkyl or cyclic N) is 1. The number of likely N-dealkylation sites (tertiary alicyclic amines) is 3. The number of aliphatic hydroxyl groups is 1. The van der Waals surface area contributed by atoms with E-state index < -0.39 is 84.2 Å². The van der Waals surface area contributed by atoms with Crippen molar-refractivity contribution in [1.82, 2.24) is 20.0 Å². The molecule has 0 aromatic heterocycles. The van der Waals surface area contributed by atoms with Gasteiger partial charge < -0.3 is 46.5 Å². The standard InChI is InChI=1S/C42H65N7O12/c1-25(45-3)34(53)13-15-39(58)48-20-6-9-32(48)37(56)22-27(7-4-18-46-42(43)44)35(54)12-11-29(51)21-28(10-17-40(59)60)41(61)49-24-30(52)23-33(49)36(55)14-16-38(57)47-19-5-8-31(47)26(2)50/h25,27-28,30-33,45,52H,4-24H2,1-3H3,(H,59,60)(H4,43,44,46)/p-1. The Kier molecular flexibility index (Phi) is 20.3. The molecule has 3 fully saturated rings. The number of rotatable bonds is 27. The van der Waals surface area contributed by atoms with Crippen LogP contribution in [-0.2, 0) is 47.9 Å². The summed E-state index contributed by atoms with van der Waals surface area (Å²) in [5.74, 6) is -7.13. The largest absolute Gasteiger partial charge is 0.550 e. The average molecular weight is 859 g/mol. The minimum Gasteiger partial charge on any atom is -0.550 e. The van der Waals surface area contributed by atoms with Gasteiger partial charge in [-0.2, -0.15) is 0 Å². The van der Waals surface area contributed by atoms with Gasteiger partial charge in [0.15, 0.2) is 23.3 Å². The Morgan fingerprint density at radius 2 is 1.34 bits per heavy atom.